The molecule has 8 atom stereocenters. The van der Waals surface area contributed by atoms with Gasteiger partial charge in [0.1, 0.15) is 0 Å². The van der Waals surface area contributed by atoms with E-state index < -0.39 is 0 Å². The fraction of sp³-hybridized carbons (Fsp3) is 0.906. The first-order valence-corrected chi connectivity index (χ1v) is 27.8. The van der Waals surface area contributed by atoms with Crippen LogP contribution in [-0.4, -0.2) is 52.6 Å². The first-order valence-electron chi connectivity index (χ1n) is 27.8. The van der Waals surface area contributed by atoms with Crippen molar-refractivity contribution in [3.05, 3.63) is 35.4 Å². The smallest absolute Gasteiger partial charge is 0.0503 e. The Balaban J connectivity index is 0.000000425. The molecule has 0 spiro atoms. The highest BCUT2D eigenvalue weighted by Gasteiger charge is 2.44. The summed E-state index contributed by atoms with van der Waals surface area (Å²) < 4.78 is 11.3. The second-order valence-corrected chi connectivity index (χ2v) is 32.9. The van der Waals surface area contributed by atoms with Crippen molar-refractivity contribution >= 4 is 0 Å². The average molecular weight is 954 g/mol. The molecule has 0 saturated carbocycles. The number of piperidine rings is 1. The highest BCUT2D eigenvalue weighted by atomic mass is 16.5. The molecule has 4 heterocycles. The van der Waals surface area contributed by atoms with Crippen molar-refractivity contribution in [1.82, 2.24) is 10.6 Å². The van der Waals surface area contributed by atoms with Gasteiger partial charge < -0.3 is 20.1 Å². The van der Waals surface area contributed by atoms with Crippen LogP contribution in [0.1, 0.15) is 232 Å². The molecule has 5 rings (SSSR count). The maximum Gasteiger partial charge on any atom is 0.0503 e. The van der Waals surface area contributed by atoms with E-state index in [1.807, 2.05) is 0 Å². The van der Waals surface area contributed by atoms with E-state index in [9.17, 15) is 0 Å². The van der Waals surface area contributed by atoms with Gasteiger partial charge in [0, 0.05) is 6.61 Å². The number of hydrogen-bond acceptors (Lipinski definition) is 4. The number of nitrogens with one attached hydrogen (secondary N) is 2. The molecule has 4 aliphatic rings. The van der Waals surface area contributed by atoms with Crippen molar-refractivity contribution in [2.75, 3.05) is 52.6 Å². The van der Waals surface area contributed by atoms with Crippen LogP contribution in [0.3, 0.4) is 0 Å². The Morgan fingerprint density at radius 1 is 0.324 bits per heavy atom. The molecule has 402 valence electrons. The molecule has 4 heteroatoms. The Labute approximate surface area is 428 Å². The summed E-state index contributed by atoms with van der Waals surface area (Å²) in [6.45, 7) is 78.8. The van der Waals surface area contributed by atoms with E-state index >= 15 is 0 Å². The second-order valence-electron chi connectivity index (χ2n) is 32.9. The zero-order valence-corrected chi connectivity index (χ0v) is 51.8. The van der Waals surface area contributed by atoms with E-state index in [4.69, 9.17) is 9.47 Å². The van der Waals surface area contributed by atoms with Crippen LogP contribution in [0.5, 0.6) is 0 Å². The average Bonchev–Trinajstić information content (AvgIpc) is 3.86. The molecule has 4 nitrogen and oxygen atoms in total. The largest absolute Gasteiger partial charge is 0.381 e. The number of rotatable bonds is 0. The van der Waals surface area contributed by atoms with Crippen LogP contribution in [0.25, 0.3) is 0 Å². The fourth-order valence-electron chi connectivity index (χ4n) is 12.0. The third-order valence-corrected chi connectivity index (χ3v) is 16.6. The Bertz CT molecular complexity index is 1370. The molecule has 0 amide bonds. The third kappa shape index (κ3) is 21.3. The summed E-state index contributed by atoms with van der Waals surface area (Å²) in [5.41, 5.74) is 6.75. The normalized spacial score (nSPS) is 27.0. The molecule has 2 N–H and O–H groups in total. The fourth-order valence-corrected chi connectivity index (χ4v) is 12.0. The minimum atomic E-state index is 0.240. The Kier molecular flexibility index (Phi) is 23.3. The zero-order valence-electron chi connectivity index (χ0n) is 51.8. The summed E-state index contributed by atoms with van der Waals surface area (Å²) in [7, 11) is 0. The van der Waals surface area contributed by atoms with Crippen molar-refractivity contribution in [2.24, 2.45) is 90.7 Å². The molecule has 68 heavy (non-hydrogen) atoms. The van der Waals surface area contributed by atoms with Gasteiger partial charge >= 0.3 is 0 Å². The van der Waals surface area contributed by atoms with E-state index in [1.165, 1.54) is 50.1 Å². The molecule has 0 bridgehead atoms. The van der Waals surface area contributed by atoms with Gasteiger partial charge in [0.15, 0.2) is 0 Å². The lowest BCUT2D eigenvalue weighted by atomic mass is 9.62. The predicted octanol–water partition coefficient (Wildman–Crippen LogP) is 17.6. The van der Waals surface area contributed by atoms with Crippen LogP contribution < -0.4 is 10.6 Å². The Hall–Kier alpha value is -0.940. The number of ether oxygens (including phenoxy) is 2. The Morgan fingerprint density at radius 2 is 0.588 bits per heavy atom. The molecule has 4 aliphatic heterocycles. The Morgan fingerprint density at radius 3 is 0.868 bits per heavy atom. The highest BCUT2D eigenvalue weighted by molar-refractivity contribution is 5.37. The van der Waals surface area contributed by atoms with E-state index in [2.05, 4.69) is 243 Å². The zero-order chi connectivity index (χ0) is 53.5. The third-order valence-electron chi connectivity index (χ3n) is 16.6. The van der Waals surface area contributed by atoms with Gasteiger partial charge in [-0.15, -0.1) is 0 Å². The lowest BCUT2D eigenvalue weighted by Gasteiger charge is -2.46. The topological polar surface area (TPSA) is 42.5 Å². The molecule has 0 aliphatic carbocycles. The van der Waals surface area contributed by atoms with Crippen molar-refractivity contribution in [3.8, 4) is 0 Å². The minimum Gasteiger partial charge on any atom is -0.381 e. The summed E-state index contributed by atoms with van der Waals surface area (Å²) in [5, 5.41) is 7.08. The van der Waals surface area contributed by atoms with Gasteiger partial charge in [-0.25, -0.2) is 0 Å². The van der Waals surface area contributed by atoms with Gasteiger partial charge in [-0.05, 0) is 152 Å². The number of hydrogen-bond donors (Lipinski definition) is 2. The SMILES string of the molecule is CC(C)(C)C1CCNCC1C(C)(C)C.CC(C)(C)C1CCOCC1C(C)(C)C.CC(C)(C)C1CNCC1C(C)(C)C.CC(C)(C)C1COCC1C(C)(C)C.CC(C)(C)c1ccccc1C(C)(C)C. The molecule has 1 aromatic rings. The first-order chi connectivity index (χ1) is 30.1. The van der Waals surface area contributed by atoms with E-state index in [-0.39, 0.29) is 10.8 Å². The summed E-state index contributed by atoms with van der Waals surface area (Å²) in [4.78, 5) is 0. The maximum absolute atomic E-state index is 5.63. The van der Waals surface area contributed by atoms with Crippen molar-refractivity contribution in [3.63, 3.8) is 0 Å². The second kappa shape index (κ2) is 24.4. The van der Waals surface area contributed by atoms with Gasteiger partial charge in [-0.2, -0.15) is 0 Å². The van der Waals surface area contributed by atoms with Crippen molar-refractivity contribution < 1.29 is 9.47 Å². The maximum atomic E-state index is 5.63. The van der Waals surface area contributed by atoms with Crippen LogP contribution in [0.2, 0.25) is 0 Å². The van der Waals surface area contributed by atoms with Crippen LogP contribution in [0.4, 0.5) is 0 Å². The lowest BCUT2D eigenvalue weighted by molar-refractivity contribution is -0.0656. The molecular weight excluding hydrogens is 829 g/mol. The molecule has 8 unspecified atom stereocenters. The van der Waals surface area contributed by atoms with Gasteiger partial charge in [-0.1, -0.05) is 232 Å². The van der Waals surface area contributed by atoms with E-state index in [0.29, 0.717) is 61.1 Å². The molecule has 1 aromatic carbocycles. The summed E-state index contributed by atoms with van der Waals surface area (Å²) >= 11 is 0. The molecule has 4 fully saturated rings. The van der Waals surface area contributed by atoms with E-state index in [1.54, 1.807) is 0 Å². The molecule has 0 radical (unpaired) electrons. The lowest BCUT2D eigenvalue weighted by Crippen LogP contribution is -2.47. The highest BCUT2D eigenvalue weighted by Crippen LogP contribution is 2.48. The van der Waals surface area contributed by atoms with Crippen LogP contribution in [-0.2, 0) is 20.3 Å². The van der Waals surface area contributed by atoms with Crippen molar-refractivity contribution in [1.29, 1.82) is 0 Å². The summed E-state index contributed by atoms with van der Waals surface area (Å²) in [5.74, 6) is 6.27. The van der Waals surface area contributed by atoms with E-state index in [0.717, 1.165) is 56.0 Å². The van der Waals surface area contributed by atoms with Gasteiger partial charge in [0.05, 0.1) is 19.8 Å². The van der Waals surface area contributed by atoms with Gasteiger partial charge in [0.2, 0.25) is 0 Å². The van der Waals surface area contributed by atoms with Crippen molar-refractivity contribution in [2.45, 2.75) is 231 Å². The molecule has 4 saturated heterocycles. The van der Waals surface area contributed by atoms with Gasteiger partial charge in [0.25, 0.3) is 0 Å². The minimum absolute atomic E-state index is 0.240. The predicted molar refractivity (Wildman–Crippen MR) is 304 cm³/mol. The monoisotopic (exact) mass is 953 g/mol. The molecule has 0 aromatic heterocycles. The number of benzene rings is 1. The summed E-state index contributed by atoms with van der Waals surface area (Å²) in [6.07, 6.45) is 2.57. The quantitative estimate of drug-likeness (QED) is 0.272. The standard InChI is InChI=1S/C14H22.C13H27N.C13H26O.C12H25N.C12H24O/c1-13(2,3)11-9-7-8-10-12(11)14(4,5)6;2*1-12(2,3)10-7-8-14-9-11(10)13(4,5)6;2*1-11(2,3)9-7-13-8-10(9)12(4,5)6/h7-10H,1-6H3;10-11,14H,7-9H2,1-6H3;10-11H,7-9H2,1-6H3;9-10,13H,7-8H2,1-6H3;9-10H,7-8H2,1-6H3. The van der Waals surface area contributed by atoms with Crippen LogP contribution in [0, 0.1) is 90.7 Å². The van der Waals surface area contributed by atoms with Gasteiger partial charge in [-0.3, -0.25) is 0 Å². The molecular formula is C64H124N2O2. The first kappa shape index (κ1) is 65.1. The summed E-state index contributed by atoms with van der Waals surface area (Å²) in [6, 6.07) is 8.77. The van der Waals surface area contributed by atoms with Crippen LogP contribution in [0.15, 0.2) is 24.3 Å². The van der Waals surface area contributed by atoms with Crippen LogP contribution >= 0.6 is 0 Å².